The van der Waals surface area contributed by atoms with Crippen molar-refractivity contribution < 1.29 is 9.18 Å². The molecule has 0 radical (unpaired) electrons. The molecule has 6 heteroatoms. The van der Waals surface area contributed by atoms with Crippen LogP contribution in [0.5, 0.6) is 0 Å². The SMILES string of the molecule is Cc1c(F)cccc1NC(=N)NC(=O)NC(C)(C)C. The Kier molecular flexibility index (Phi) is 4.47. The molecule has 0 aromatic heterocycles. The molecule has 1 aromatic carbocycles. The topological polar surface area (TPSA) is 77.0 Å². The molecule has 1 rings (SSSR count). The molecule has 0 atom stereocenters. The van der Waals surface area contributed by atoms with E-state index >= 15 is 0 Å². The largest absolute Gasteiger partial charge is 0.333 e. The van der Waals surface area contributed by atoms with Crippen molar-refractivity contribution in [1.29, 1.82) is 5.41 Å². The monoisotopic (exact) mass is 266 g/mol. The average molecular weight is 266 g/mol. The molecular weight excluding hydrogens is 247 g/mol. The molecule has 0 unspecified atom stereocenters. The lowest BCUT2D eigenvalue weighted by atomic mass is 10.1. The number of rotatable bonds is 1. The number of carbonyl (C=O) groups excluding carboxylic acids is 1. The molecule has 0 fully saturated rings. The molecule has 0 saturated carbocycles. The van der Waals surface area contributed by atoms with Crippen LogP contribution in [-0.4, -0.2) is 17.5 Å². The third-order valence-electron chi connectivity index (χ3n) is 2.25. The van der Waals surface area contributed by atoms with Crippen LogP contribution in [0.1, 0.15) is 26.3 Å². The fraction of sp³-hybridized carbons (Fsp3) is 0.385. The molecule has 1 aromatic rings. The molecule has 5 nitrogen and oxygen atoms in total. The van der Waals surface area contributed by atoms with Gasteiger partial charge in [-0.25, -0.2) is 9.18 Å². The van der Waals surface area contributed by atoms with Crippen molar-refractivity contribution in [2.45, 2.75) is 33.2 Å². The summed E-state index contributed by atoms with van der Waals surface area (Å²) in [7, 11) is 0. The van der Waals surface area contributed by atoms with Gasteiger partial charge in [0.2, 0.25) is 5.96 Å². The second kappa shape index (κ2) is 5.69. The Morgan fingerprint density at radius 2 is 1.95 bits per heavy atom. The van der Waals surface area contributed by atoms with Gasteiger partial charge in [-0.05, 0) is 39.8 Å². The number of amides is 2. The molecule has 104 valence electrons. The lowest BCUT2D eigenvalue weighted by molar-refractivity contribution is 0.236. The van der Waals surface area contributed by atoms with E-state index in [0.717, 1.165) is 0 Å². The molecule has 0 aliphatic carbocycles. The summed E-state index contributed by atoms with van der Waals surface area (Å²) in [5.41, 5.74) is 0.449. The number of nitrogens with one attached hydrogen (secondary N) is 4. The van der Waals surface area contributed by atoms with Crippen molar-refractivity contribution in [3.05, 3.63) is 29.6 Å². The van der Waals surface area contributed by atoms with E-state index in [-0.39, 0.29) is 17.3 Å². The Labute approximate surface area is 112 Å². The number of benzene rings is 1. The minimum atomic E-state index is -0.487. The van der Waals surface area contributed by atoms with Crippen molar-refractivity contribution in [1.82, 2.24) is 10.6 Å². The zero-order valence-electron chi connectivity index (χ0n) is 11.5. The van der Waals surface area contributed by atoms with E-state index in [2.05, 4.69) is 16.0 Å². The maximum absolute atomic E-state index is 13.3. The highest BCUT2D eigenvalue weighted by Crippen LogP contribution is 2.16. The molecular formula is C13H19FN4O. The minimum absolute atomic E-state index is 0.213. The first-order valence-electron chi connectivity index (χ1n) is 5.89. The van der Waals surface area contributed by atoms with Gasteiger partial charge in [0.15, 0.2) is 0 Å². The first-order valence-corrected chi connectivity index (χ1v) is 5.89. The van der Waals surface area contributed by atoms with Crippen LogP contribution in [0.15, 0.2) is 18.2 Å². The minimum Gasteiger partial charge on any atom is -0.333 e. The van der Waals surface area contributed by atoms with Gasteiger partial charge in [0.1, 0.15) is 5.82 Å². The van der Waals surface area contributed by atoms with Gasteiger partial charge in [0.25, 0.3) is 0 Å². The van der Waals surface area contributed by atoms with Gasteiger partial charge in [0.05, 0.1) is 0 Å². The number of guanidine groups is 1. The molecule has 0 saturated heterocycles. The Morgan fingerprint density at radius 3 is 2.53 bits per heavy atom. The quantitative estimate of drug-likeness (QED) is 0.466. The van der Waals surface area contributed by atoms with Crippen molar-refractivity contribution in [3.63, 3.8) is 0 Å². The smallest absolute Gasteiger partial charge is 0.321 e. The van der Waals surface area contributed by atoms with Gasteiger partial charge < -0.3 is 10.6 Å². The van der Waals surface area contributed by atoms with E-state index in [9.17, 15) is 9.18 Å². The summed E-state index contributed by atoms with van der Waals surface area (Å²) in [5, 5.41) is 15.3. The van der Waals surface area contributed by atoms with Crippen LogP contribution >= 0.6 is 0 Å². The first-order chi connectivity index (χ1) is 8.69. The van der Waals surface area contributed by atoms with Crippen molar-refractivity contribution in [2.24, 2.45) is 0 Å². The molecule has 0 heterocycles. The molecule has 0 aliphatic heterocycles. The van der Waals surface area contributed by atoms with Crippen LogP contribution in [0.3, 0.4) is 0 Å². The van der Waals surface area contributed by atoms with E-state index in [1.807, 2.05) is 20.8 Å². The van der Waals surface area contributed by atoms with Crippen molar-refractivity contribution >= 4 is 17.7 Å². The maximum Gasteiger partial charge on any atom is 0.321 e. The lowest BCUT2D eigenvalue weighted by Crippen LogP contribution is -2.49. The van der Waals surface area contributed by atoms with Gasteiger partial charge in [-0.3, -0.25) is 10.7 Å². The summed E-state index contributed by atoms with van der Waals surface area (Å²) in [5.74, 6) is -0.576. The van der Waals surface area contributed by atoms with Crippen LogP contribution < -0.4 is 16.0 Å². The third-order valence-corrected chi connectivity index (χ3v) is 2.25. The highest BCUT2D eigenvalue weighted by molar-refractivity contribution is 6.02. The average Bonchev–Trinajstić information content (AvgIpc) is 2.21. The number of carbonyl (C=O) groups is 1. The number of hydrogen-bond acceptors (Lipinski definition) is 2. The number of halogens is 1. The van der Waals surface area contributed by atoms with Crippen LogP contribution in [0.4, 0.5) is 14.9 Å². The van der Waals surface area contributed by atoms with Crippen LogP contribution in [-0.2, 0) is 0 Å². The Balaban J connectivity index is 2.61. The van der Waals surface area contributed by atoms with E-state index in [0.29, 0.717) is 11.3 Å². The molecule has 2 amide bonds. The summed E-state index contributed by atoms with van der Waals surface area (Å²) in [4.78, 5) is 11.5. The second-order valence-corrected chi connectivity index (χ2v) is 5.24. The maximum atomic E-state index is 13.3. The summed E-state index contributed by atoms with van der Waals surface area (Å²) in [6.45, 7) is 7.10. The van der Waals surface area contributed by atoms with E-state index in [4.69, 9.17) is 5.41 Å². The third kappa shape index (κ3) is 4.95. The summed E-state index contributed by atoms with van der Waals surface area (Å²) in [6.07, 6.45) is 0. The number of hydrogen-bond donors (Lipinski definition) is 4. The molecule has 0 aliphatic rings. The normalized spacial score (nSPS) is 10.8. The van der Waals surface area contributed by atoms with Gasteiger partial charge >= 0.3 is 6.03 Å². The van der Waals surface area contributed by atoms with E-state index in [1.54, 1.807) is 13.0 Å². The first kappa shape index (κ1) is 14.9. The second-order valence-electron chi connectivity index (χ2n) is 5.24. The highest BCUT2D eigenvalue weighted by atomic mass is 19.1. The Bertz CT molecular complexity index is 494. The lowest BCUT2D eigenvalue weighted by Gasteiger charge is -2.21. The zero-order chi connectivity index (χ0) is 14.6. The van der Waals surface area contributed by atoms with Crippen molar-refractivity contribution in [2.75, 3.05) is 5.32 Å². The highest BCUT2D eigenvalue weighted by Gasteiger charge is 2.14. The Hall–Kier alpha value is -2.11. The van der Waals surface area contributed by atoms with Gasteiger partial charge in [-0.15, -0.1) is 0 Å². The standard InChI is InChI=1S/C13H19FN4O/c1-8-9(14)6-5-7-10(8)16-11(15)17-12(19)18-13(2,3)4/h5-7H,1-4H3,(H4,15,16,17,18,19). The van der Waals surface area contributed by atoms with Gasteiger partial charge in [-0.1, -0.05) is 6.07 Å². The number of urea groups is 1. The Morgan fingerprint density at radius 1 is 1.32 bits per heavy atom. The van der Waals surface area contributed by atoms with Gasteiger partial charge in [-0.2, -0.15) is 0 Å². The predicted octanol–water partition coefficient (Wildman–Crippen LogP) is 2.58. The fourth-order valence-corrected chi connectivity index (χ4v) is 1.39. The summed E-state index contributed by atoms with van der Waals surface area (Å²) >= 11 is 0. The van der Waals surface area contributed by atoms with E-state index < -0.39 is 6.03 Å². The zero-order valence-corrected chi connectivity index (χ0v) is 11.5. The molecule has 4 N–H and O–H groups in total. The van der Waals surface area contributed by atoms with Crippen LogP contribution in [0.25, 0.3) is 0 Å². The fourth-order valence-electron chi connectivity index (χ4n) is 1.39. The predicted molar refractivity (Wildman–Crippen MR) is 73.9 cm³/mol. The van der Waals surface area contributed by atoms with Crippen LogP contribution in [0, 0.1) is 18.2 Å². The van der Waals surface area contributed by atoms with Gasteiger partial charge in [0, 0.05) is 16.8 Å². The number of anilines is 1. The molecule has 0 bridgehead atoms. The molecule has 19 heavy (non-hydrogen) atoms. The summed E-state index contributed by atoms with van der Waals surface area (Å²) in [6, 6.07) is 4.02. The summed E-state index contributed by atoms with van der Waals surface area (Å²) < 4.78 is 13.3. The van der Waals surface area contributed by atoms with Crippen LogP contribution in [0.2, 0.25) is 0 Å². The molecule has 0 spiro atoms. The van der Waals surface area contributed by atoms with Crippen molar-refractivity contribution in [3.8, 4) is 0 Å². The van der Waals surface area contributed by atoms with E-state index in [1.165, 1.54) is 12.1 Å².